The van der Waals surface area contributed by atoms with Gasteiger partial charge in [0, 0.05) is 13.1 Å². The first-order valence-electron chi connectivity index (χ1n) is 5.86. The van der Waals surface area contributed by atoms with E-state index >= 15 is 0 Å². The number of hydrogen-bond donors (Lipinski definition) is 0. The van der Waals surface area contributed by atoms with Crippen molar-refractivity contribution in [3.63, 3.8) is 0 Å². The Bertz CT molecular complexity index is 220. The summed E-state index contributed by atoms with van der Waals surface area (Å²) in [6.07, 6.45) is 3.26. The fraction of sp³-hybridized carbons (Fsp3) is 0.917. The number of amides is 1. The molecule has 1 aliphatic heterocycles. The SMILES string of the molecule is C[C@H]1CCCN(C(=O)OC(C)(C)C)CC1. The van der Waals surface area contributed by atoms with E-state index in [-0.39, 0.29) is 11.7 Å². The third-order valence-corrected chi connectivity index (χ3v) is 2.67. The van der Waals surface area contributed by atoms with Gasteiger partial charge in [-0.2, -0.15) is 0 Å². The predicted octanol–water partition coefficient (Wildman–Crippen LogP) is 3.04. The third-order valence-electron chi connectivity index (χ3n) is 2.67. The lowest BCUT2D eigenvalue weighted by Crippen LogP contribution is -2.37. The zero-order chi connectivity index (χ0) is 11.5. The van der Waals surface area contributed by atoms with Gasteiger partial charge >= 0.3 is 6.09 Å². The molecule has 0 unspecified atom stereocenters. The highest BCUT2D eigenvalue weighted by Gasteiger charge is 2.23. The van der Waals surface area contributed by atoms with Crippen LogP contribution in [-0.2, 0) is 4.74 Å². The number of rotatable bonds is 0. The van der Waals surface area contributed by atoms with Crippen LogP contribution in [0.4, 0.5) is 4.79 Å². The maximum atomic E-state index is 11.8. The second kappa shape index (κ2) is 4.86. The summed E-state index contributed by atoms with van der Waals surface area (Å²) in [5.74, 6) is 0.734. The van der Waals surface area contributed by atoms with Crippen LogP contribution in [0.25, 0.3) is 0 Å². The molecular formula is C12H23NO2. The summed E-state index contributed by atoms with van der Waals surface area (Å²) in [6, 6.07) is 0. The van der Waals surface area contributed by atoms with Crippen molar-refractivity contribution >= 4 is 6.09 Å². The minimum atomic E-state index is -0.380. The van der Waals surface area contributed by atoms with Gasteiger partial charge in [0.05, 0.1) is 0 Å². The molecule has 3 heteroatoms. The maximum absolute atomic E-state index is 11.8. The van der Waals surface area contributed by atoms with Crippen molar-refractivity contribution in [1.29, 1.82) is 0 Å². The average Bonchev–Trinajstić information content (AvgIpc) is 2.26. The Morgan fingerprint density at radius 3 is 2.53 bits per heavy atom. The molecule has 1 heterocycles. The summed E-state index contributed by atoms with van der Waals surface area (Å²) in [5, 5.41) is 0. The fourth-order valence-corrected chi connectivity index (χ4v) is 1.77. The van der Waals surface area contributed by atoms with E-state index in [1.54, 1.807) is 0 Å². The molecule has 0 aromatic carbocycles. The van der Waals surface area contributed by atoms with E-state index in [4.69, 9.17) is 4.74 Å². The Morgan fingerprint density at radius 1 is 1.27 bits per heavy atom. The zero-order valence-electron chi connectivity index (χ0n) is 10.4. The molecule has 0 aromatic rings. The lowest BCUT2D eigenvalue weighted by atomic mass is 10.0. The van der Waals surface area contributed by atoms with Gasteiger partial charge in [0.2, 0.25) is 0 Å². The average molecular weight is 213 g/mol. The number of nitrogens with zero attached hydrogens (tertiary/aromatic N) is 1. The summed E-state index contributed by atoms with van der Waals surface area (Å²) in [4.78, 5) is 13.6. The molecule has 1 amide bonds. The van der Waals surface area contributed by atoms with Crippen LogP contribution < -0.4 is 0 Å². The van der Waals surface area contributed by atoms with Gasteiger partial charge in [-0.05, 0) is 46.0 Å². The molecule has 0 radical (unpaired) electrons. The molecule has 0 N–H and O–H groups in total. The molecule has 1 rings (SSSR count). The van der Waals surface area contributed by atoms with Crippen LogP contribution in [-0.4, -0.2) is 29.7 Å². The fourth-order valence-electron chi connectivity index (χ4n) is 1.77. The van der Waals surface area contributed by atoms with E-state index < -0.39 is 0 Å². The van der Waals surface area contributed by atoms with E-state index in [2.05, 4.69) is 6.92 Å². The molecule has 3 nitrogen and oxygen atoms in total. The highest BCUT2D eigenvalue weighted by atomic mass is 16.6. The molecule has 0 bridgehead atoms. The molecule has 0 saturated carbocycles. The van der Waals surface area contributed by atoms with E-state index in [0.29, 0.717) is 0 Å². The number of likely N-dealkylation sites (tertiary alicyclic amines) is 1. The minimum Gasteiger partial charge on any atom is -0.444 e. The summed E-state index contributed by atoms with van der Waals surface area (Å²) in [5.41, 5.74) is -0.380. The smallest absolute Gasteiger partial charge is 0.410 e. The standard InChI is InChI=1S/C12H23NO2/c1-10-6-5-8-13(9-7-10)11(14)15-12(2,3)4/h10H,5-9H2,1-4H3/t10-/m0/s1. The van der Waals surface area contributed by atoms with Gasteiger partial charge in [0.25, 0.3) is 0 Å². The quantitative estimate of drug-likeness (QED) is 0.619. The molecule has 1 fully saturated rings. The van der Waals surface area contributed by atoms with Crippen molar-refractivity contribution in [2.45, 2.75) is 52.6 Å². The summed E-state index contributed by atoms with van der Waals surface area (Å²) >= 11 is 0. The van der Waals surface area contributed by atoms with Crippen LogP contribution in [0.15, 0.2) is 0 Å². The first-order valence-corrected chi connectivity index (χ1v) is 5.86. The molecule has 0 aromatic heterocycles. The van der Waals surface area contributed by atoms with Crippen molar-refractivity contribution in [1.82, 2.24) is 4.90 Å². The van der Waals surface area contributed by atoms with Gasteiger partial charge in [-0.25, -0.2) is 4.79 Å². The van der Waals surface area contributed by atoms with Crippen LogP contribution in [0.5, 0.6) is 0 Å². The third kappa shape index (κ3) is 4.54. The first kappa shape index (κ1) is 12.3. The number of hydrogen-bond acceptors (Lipinski definition) is 2. The van der Waals surface area contributed by atoms with E-state index in [1.165, 1.54) is 6.42 Å². The molecule has 1 saturated heterocycles. The largest absolute Gasteiger partial charge is 0.444 e. The number of carbonyl (C=O) groups excluding carboxylic acids is 1. The van der Waals surface area contributed by atoms with Crippen molar-refractivity contribution in [2.75, 3.05) is 13.1 Å². The Kier molecular flexibility index (Phi) is 4.00. The van der Waals surface area contributed by atoms with E-state index in [0.717, 1.165) is 31.8 Å². The molecular weight excluding hydrogens is 190 g/mol. The summed E-state index contributed by atoms with van der Waals surface area (Å²) in [7, 11) is 0. The minimum absolute atomic E-state index is 0.156. The lowest BCUT2D eigenvalue weighted by Gasteiger charge is -2.26. The highest BCUT2D eigenvalue weighted by Crippen LogP contribution is 2.18. The Morgan fingerprint density at radius 2 is 1.93 bits per heavy atom. The van der Waals surface area contributed by atoms with Crippen LogP contribution in [0, 0.1) is 5.92 Å². The maximum Gasteiger partial charge on any atom is 0.410 e. The molecule has 0 aliphatic carbocycles. The monoisotopic (exact) mass is 213 g/mol. The van der Waals surface area contributed by atoms with Gasteiger partial charge in [0.1, 0.15) is 5.60 Å². The van der Waals surface area contributed by atoms with Gasteiger partial charge in [-0.3, -0.25) is 0 Å². The summed E-state index contributed by atoms with van der Waals surface area (Å²) < 4.78 is 5.35. The summed E-state index contributed by atoms with van der Waals surface area (Å²) in [6.45, 7) is 9.66. The Hall–Kier alpha value is -0.730. The van der Waals surface area contributed by atoms with Crippen molar-refractivity contribution in [3.05, 3.63) is 0 Å². The molecule has 15 heavy (non-hydrogen) atoms. The van der Waals surface area contributed by atoms with Crippen LogP contribution in [0.2, 0.25) is 0 Å². The zero-order valence-corrected chi connectivity index (χ0v) is 10.4. The van der Waals surface area contributed by atoms with Gasteiger partial charge in [0.15, 0.2) is 0 Å². The first-order chi connectivity index (χ1) is 6.88. The molecule has 88 valence electrons. The molecule has 0 spiro atoms. The molecule has 1 atom stereocenters. The molecule has 1 aliphatic rings. The number of carbonyl (C=O) groups is 1. The van der Waals surface area contributed by atoms with Crippen LogP contribution >= 0.6 is 0 Å². The van der Waals surface area contributed by atoms with Crippen molar-refractivity contribution in [3.8, 4) is 0 Å². The predicted molar refractivity (Wildman–Crippen MR) is 60.8 cm³/mol. The lowest BCUT2D eigenvalue weighted by molar-refractivity contribution is 0.0255. The second-order valence-corrected chi connectivity index (χ2v) is 5.50. The van der Waals surface area contributed by atoms with Crippen molar-refractivity contribution < 1.29 is 9.53 Å². The Balaban J connectivity index is 2.45. The van der Waals surface area contributed by atoms with Gasteiger partial charge in [-0.15, -0.1) is 0 Å². The van der Waals surface area contributed by atoms with E-state index in [9.17, 15) is 4.79 Å². The van der Waals surface area contributed by atoms with Crippen LogP contribution in [0.1, 0.15) is 47.0 Å². The topological polar surface area (TPSA) is 29.5 Å². The van der Waals surface area contributed by atoms with Gasteiger partial charge < -0.3 is 9.64 Å². The van der Waals surface area contributed by atoms with Crippen molar-refractivity contribution in [2.24, 2.45) is 5.92 Å². The van der Waals surface area contributed by atoms with E-state index in [1.807, 2.05) is 25.7 Å². The number of ether oxygens (including phenoxy) is 1. The normalized spacial score (nSPS) is 23.5. The highest BCUT2D eigenvalue weighted by molar-refractivity contribution is 5.68. The van der Waals surface area contributed by atoms with Gasteiger partial charge in [-0.1, -0.05) is 6.92 Å². The second-order valence-electron chi connectivity index (χ2n) is 5.50. The van der Waals surface area contributed by atoms with Crippen LogP contribution in [0.3, 0.4) is 0 Å². The Labute approximate surface area is 92.8 Å².